The second kappa shape index (κ2) is 11.7. The lowest BCUT2D eigenvalue weighted by molar-refractivity contribution is -0.136. The third-order valence-electron chi connectivity index (χ3n) is 5.76. The van der Waals surface area contributed by atoms with Crippen molar-refractivity contribution in [2.75, 3.05) is 19.6 Å². The molecular weight excluding hydrogens is 448 g/mol. The molecule has 0 aromatic heterocycles. The lowest BCUT2D eigenvalue weighted by atomic mass is 9.92. The summed E-state index contributed by atoms with van der Waals surface area (Å²) in [6, 6.07) is 13.6. The predicted octanol–water partition coefficient (Wildman–Crippen LogP) is 4.52. The number of aliphatic carboxylic acids is 1. The van der Waals surface area contributed by atoms with Crippen molar-refractivity contribution in [1.29, 1.82) is 0 Å². The fourth-order valence-electron chi connectivity index (χ4n) is 3.70. The van der Waals surface area contributed by atoms with Crippen LogP contribution in [0.3, 0.4) is 0 Å². The number of carboxylic acids is 1. The van der Waals surface area contributed by atoms with Crippen LogP contribution < -0.4 is 14.8 Å². The Labute approximate surface area is 206 Å². The van der Waals surface area contributed by atoms with Crippen molar-refractivity contribution in [3.63, 3.8) is 0 Å². The van der Waals surface area contributed by atoms with Crippen LogP contribution in [0.5, 0.6) is 11.5 Å². The van der Waals surface area contributed by atoms with E-state index in [-0.39, 0.29) is 23.8 Å². The molecule has 2 aromatic carbocycles. The van der Waals surface area contributed by atoms with Gasteiger partial charge in [0, 0.05) is 38.0 Å². The van der Waals surface area contributed by atoms with Gasteiger partial charge in [0.05, 0.1) is 6.42 Å². The highest BCUT2D eigenvalue weighted by atomic mass is 16.6. The molecule has 2 N–H and O–H groups in total. The van der Waals surface area contributed by atoms with Crippen LogP contribution in [-0.4, -0.2) is 53.7 Å². The van der Waals surface area contributed by atoms with Crippen LogP contribution in [0.4, 0.5) is 4.79 Å². The summed E-state index contributed by atoms with van der Waals surface area (Å²) in [6.07, 6.45) is 1.74. The summed E-state index contributed by atoms with van der Waals surface area (Å²) in [5.74, 6) is 0.0560. The number of ether oxygens (including phenoxy) is 2. The summed E-state index contributed by atoms with van der Waals surface area (Å²) in [5, 5.41) is 11.8. The van der Waals surface area contributed by atoms with Gasteiger partial charge >= 0.3 is 12.1 Å². The predicted molar refractivity (Wildman–Crippen MR) is 132 cm³/mol. The Kier molecular flexibility index (Phi) is 8.73. The van der Waals surface area contributed by atoms with Crippen LogP contribution in [0, 0.1) is 5.41 Å². The smallest absolute Gasteiger partial charge is 0.415 e. The number of carbonyl (C=O) groups is 3. The Morgan fingerprint density at radius 3 is 2.14 bits per heavy atom. The minimum atomic E-state index is -0.869. The molecule has 0 unspecified atom stereocenters. The number of likely N-dealkylation sites (tertiary alicyclic amines) is 1. The number of nitrogens with zero attached hydrogens (tertiary/aromatic N) is 1. The van der Waals surface area contributed by atoms with Gasteiger partial charge in [-0.3, -0.25) is 9.59 Å². The van der Waals surface area contributed by atoms with Crippen LogP contribution >= 0.6 is 0 Å². The zero-order valence-electron chi connectivity index (χ0n) is 20.6. The van der Waals surface area contributed by atoms with E-state index in [0.717, 1.165) is 12.0 Å². The lowest BCUT2D eigenvalue weighted by Crippen LogP contribution is -2.43. The average Bonchev–Trinajstić information content (AvgIpc) is 2.80. The molecular formula is C27H34N2O6. The van der Waals surface area contributed by atoms with Gasteiger partial charge in [-0.25, -0.2) is 4.79 Å². The van der Waals surface area contributed by atoms with E-state index < -0.39 is 12.1 Å². The average molecular weight is 483 g/mol. The van der Waals surface area contributed by atoms with Gasteiger partial charge in [-0.05, 0) is 53.8 Å². The number of hydrogen-bond donors (Lipinski definition) is 2. The maximum Gasteiger partial charge on any atom is 0.415 e. The molecule has 1 aliphatic heterocycles. The van der Waals surface area contributed by atoms with Crippen molar-refractivity contribution in [2.45, 2.75) is 52.6 Å². The van der Waals surface area contributed by atoms with E-state index in [4.69, 9.17) is 14.6 Å². The summed E-state index contributed by atoms with van der Waals surface area (Å²) in [6.45, 7) is 8.00. The number of hydrogen-bond acceptors (Lipinski definition) is 5. The van der Waals surface area contributed by atoms with E-state index in [9.17, 15) is 14.4 Å². The first-order valence-electron chi connectivity index (χ1n) is 11.9. The number of nitrogens with one attached hydrogen (secondary N) is 1. The van der Waals surface area contributed by atoms with Gasteiger partial charge in [0.1, 0.15) is 17.6 Å². The van der Waals surface area contributed by atoms with Crippen molar-refractivity contribution in [1.82, 2.24) is 10.2 Å². The van der Waals surface area contributed by atoms with Crippen molar-refractivity contribution < 1.29 is 29.0 Å². The van der Waals surface area contributed by atoms with Gasteiger partial charge < -0.3 is 24.8 Å². The number of rotatable bonds is 8. The molecule has 0 atom stereocenters. The van der Waals surface area contributed by atoms with Crippen molar-refractivity contribution in [3.8, 4) is 11.5 Å². The summed E-state index contributed by atoms with van der Waals surface area (Å²) in [5.41, 5.74) is 1.39. The molecule has 8 nitrogen and oxygen atoms in total. The van der Waals surface area contributed by atoms with Crippen molar-refractivity contribution in [3.05, 3.63) is 59.7 Å². The van der Waals surface area contributed by atoms with Crippen LogP contribution in [-0.2, 0) is 11.2 Å². The van der Waals surface area contributed by atoms with Gasteiger partial charge in [-0.2, -0.15) is 0 Å². The first-order valence-corrected chi connectivity index (χ1v) is 11.9. The Balaban J connectivity index is 1.42. The highest BCUT2D eigenvalue weighted by molar-refractivity contribution is 5.94. The summed E-state index contributed by atoms with van der Waals surface area (Å²) in [7, 11) is 0. The maximum absolute atomic E-state index is 12.5. The maximum atomic E-state index is 12.5. The molecule has 2 amide bonds. The minimum Gasteiger partial charge on any atom is -0.490 e. The molecule has 0 saturated carbocycles. The van der Waals surface area contributed by atoms with E-state index in [1.54, 1.807) is 53.4 Å². The van der Waals surface area contributed by atoms with E-state index in [1.807, 2.05) is 0 Å². The number of carbonyl (C=O) groups excluding carboxylic acids is 2. The summed E-state index contributed by atoms with van der Waals surface area (Å²) in [4.78, 5) is 37.2. The molecule has 3 rings (SSSR count). The lowest BCUT2D eigenvalue weighted by Gasteiger charge is -2.31. The van der Waals surface area contributed by atoms with Gasteiger partial charge in [-0.1, -0.05) is 32.9 Å². The van der Waals surface area contributed by atoms with E-state index in [2.05, 4.69) is 26.1 Å². The number of carboxylic acid groups (broad SMARTS) is 1. The van der Waals surface area contributed by atoms with Gasteiger partial charge in [0.25, 0.3) is 5.91 Å². The van der Waals surface area contributed by atoms with Crippen LogP contribution in [0.1, 0.15) is 56.0 Å². The number of benzene rings is 2. The Morgan fingerprint density at radius 2 is 1.57 bits per heavy atom. The molecule has 1 aliphatic rings. The SMILES string of the molecule is CC(C)(C)CCNC(=O)c1ccc(OC(=O)N2CCC(Oc3ccc(CC(=O)O)cc3)CC2)cc1. The molecule has 8 heteroatoms. The molecule has 188 valence electrons. The first kappa shape index (κ1) is 26.1. The number of amides is 2. The fraction of sp³-hybridized carbons (Fsp3) is 0.444. The normalized spacial score (nSPS) is 14.3. The molecule has 0 radical (unpaired) electrons. The quantitative estimate of drug-likeness (QED) is 0.573. The largest absolute Gasteiger partial charge is 0.490 e. The monoisotopic (exact) mass is 482 g/mol. The Bertz CT molecular complexity index is 1000. The van der Waals surface area contributed by atoms with Gasteiger partial charge in [0.15, 0.2) is 0 Å². The van der Waals surface area contributed by atoms with Crippen LogP contribution in [0.25, 0.3) is 0 Å². The van der Waals surface area contributed by atoms with Crippen molar-refractivity contribution in [2.24, 2.45) is 5.41 Å². The molecule has 0 aliphatic carbocycles. The second-order valence-electron chi connectivity index (χ2n) is 9.98. The molecule has 0 spiro atoms. The standard InChI is InChI=1S/C27H34N2O6/c1-27(2,3)14-15-28-25(32)20-6-10-22(11-7-20)35-26(33)29-16-12-23(13-17-29)34-21-8-4-19(5-9-21)18-24(30)31/h4-11,23H,12-18H2,1-3H3,(H,28,32)(H,30,31). The second-order valence-corrected chi connectivity index (χ2v) is 9.98. The van der Waals surface area contributed by atoms with Gasteiger partial charge in [0.2, 0.25) is 0 Å². The topological polar surface area (TPSA) is 105 Å². The Morgan fingerprint density at radius 1 is 0.971 bits per heavy atom. The molecule has 1 fully saturated rings. The number of piperidine rings is 1. The molecule has 1 heterocycles. The fourth-order valence-corrected chi connectivity index (χ4v) is 3.70. The highest BCUT2D eigenvalue weighted by Gasteiger charge is 2.25. The molecule has 0 bridgehead atoms. The van der Waals surface area contributed by atoms with Crippen molar-refractivity contribution >= 4 is 18.0 Å². The molecule has 2 aromatic rings. The summed E-state index contributed by atoms with van der Waals surface area (Å²) >= 11 is 0. The van der Waals surface area contributed by atoms with Gasteiger partial charge in [-0.15, -0.1) is 0 Å². The van der Waals surface area contributed by atoms with E-state index >= 15 is 0 Å². The summed E-state index contributed by atoms with van der Waals surface area (Å²) < 4.78 is 11.5. The van der Waals surface area contributed by atoms with E-state index in [1.165, 1.54) is 0 Å². The molecule has 35 heavy (non-hydrogen) atoms. The minimum absolute atomic E-state index is 0.0197. The highest BCUT2D eigenvalue weighted by Crippen LogP contribution is 2.21. The zero-order valence-corrected chi connectivity index (χ0v) is 20.6. The van der Waals surface area contributed by atoms with Crippen LogP contribution in [0.15, 0.2) is 48.5 Å². The zero-order chi connectivity index (χ0) is 25.4. The molecule has 1 saturated heterocycles. The third-order valence-corrected chi connectivity index (χ3v) is 5.76. The first-order chi connectivity index (χ1) is 16.6. The van der Waals surface area contributed by atoms with Crippen LogP contribution in [0.2, 0.25) is 0 Å². The Hall–Kier alpha value is -3.55. The third kappa shape index (κ3) is 8.63. The van der Waals surface area contributed by atoms with E-state index in [0.29, 0.717) is 49.5 Å².